The molecular formula is C15H16ClN3O. The first-order chi connectivity index (χ1) is 9.60. The molecule has 2 aromatic rings. The molecular weight excluding hydrogens is 274 g/mol. The van der Waals surface area contributed by atoms with Crippen LogP contribution in [0.3, 0.4) is 0 Å². The van der Waals surface area contributed by atoms with Crippen molar-refractivity contribution in [3.8, 4) is 0 Å². The Kier molecular flexibility index (Phi) is 4.58. The zero-order valence-corrected chi connectivity index (χ0v) is 11.9. The van der Waals surface area contributed by atoms with Gasteiger partial charge in [0.25, 0.3) is 5.91 Å². The molecule has 0 radical (unpaired) electrons. The van der Waals surface area contributed by atoms with Gasteiger partial charge in [0.15, 0.2) is 0 Å². The van der Waals surface area contributed by atoms with Gasteiger partial charge in [-0.15, -0.1) is 0 Å². The predicted molar refractivity (Wildman–Crippen MR) is 82.0 cm³/mol. The molecule has 0 fully saturated rings. The summed E-state index contributed by atoms with van der Waals surface area (Å²) in [6.07, 6.45) is 2.12. The third kappa shape index (κ3) is 3.48. The van der Waals surface area contributed by atoms with E-state index >= 15 is 0 Å². The maximum Gasteiger partial charge on any atom is 0.275 e. The number of nitrogens with zero attached hydrogens (tertiary/aromatic N) is 1. The molecule has 2 rings (SSSR count). The number of rotatable bonds is 4. The number of pyridine rings is 1. The van der Waals surface area contributed by atoms with Crippen LogP contribution in [-0.2, 0) is 6.42 Å². The van der Waals surface area contributed by atoms with Crippen molar-refractivity contribution in [3.05, 3.63) is 52.7 Å². The molecule has 5 heteroatoms. The number of anilines is 2. The van der Waals surface area contributed by atoms with Crippen LogP contribution >= 0.6 is 11.6 Å². The fourth-order valence-electron chi connectivity index (χ4n) is 1.85. The molecule has 0 unspecified atom stereocenters. The second-order valence-electron chi connectivity index (χ2n) is 4.47. The highest BCUT2D eigenvalue weighted by atomic mass is 35.5. The van der Waals surface area contributed by atoms with E-state index in [9.17, 15) is 4.79 Å². The van der Waals surface area contributed by atoms with E-state index in [0.29, 0.717) is 5.69 Å². The average molecular weight is 290 g/mol. The molecule has 0 aliphatic heterocycles. The third-order valence-electron chi connectivity index (χ3n) is 2.83. The van der Waals surface area contributed by atoms with Gasteiger partial charge < -0.3 is 11.1 Å². The van der Waals surface area contributed by atoms with Crippen LogP contribution in [-0.4, -0.2) is 10.9 Å². The molecule has 20 heavy (non-hydrogen) atoms. The van der Waals surface area contributed by atoms with E-state index in [1.165, 1.54) is 5.56 Å². The highest BCUT2D eigenvalue weighted by Crippen LogP contribution is 2.18. The predicted octanol–water partition coefficient (Wildman–Crippen LogP) is 3.52. The average Bonchev–Trinajstić information content (AvgIpc) is 2.44. The number of benzene rings is 1. The summed E-state index contributed by atoms with van der Waals surface area (Å²) in [5.41, 5.74) is 7.64. The number of aromatic nitrogens is 1. The van der Waals surface area contributed by atoms with E-state index in [1.807, 2.05) is 24.3 Å². The summed E-state index contributed by atoms with van der Waals surface area (Å²) >= 11 is 5.94. The van der Waals surface area contributed by atoms with E-state index in [1.54, 1.807) is 12.1 Å². The molecule has 1 aromatic carbocycles. The van der Waals surface area contributed by atoms with E-state index in [0.717, 1.165) is 12.8 Å². The van der Waals surface area contributed by atoms with Crippen molar-refractivity contribution in [2.24, 2.45) is 0 Å². The van der Waals surface area contributed by atoms with Gasteiger partial charge in [0, 0.05) is 5.69 Å². The van der Waals surface area contributed by atoms with Crippen LogP contribution in [0.5, 0.6) is 0 Å². The number of aryl methyl sites for hydroxylation is 1. The number of nitrogens with two attached hydrogens (primary N) is 1. The van der Waals surface area contributed by atoms with Gasteiger partial charge in [0.2, 0.25) is 0 Å². The summed E-state index contributed by atoms with van der Waals surface area (Å²) in [5.74, 6) is -0.108. The van der Waals surface area contributed by atoms with Crippen LogP contribution in [0.25, 0.3) is 0 Å². The lowest BCUT2D eigenvalue weighted by Gasteiger charge is -2.07. The summed E-state index contributed by atoms with van der Waals surface area (Å²) in [5, 5.41) is 3.03. The fourth-order valence-corrected chi connectivity index (χ4v) is 2.04. The minimum atomic E-state index is -0.370. The van der Waals surface area contributed by atoms with Crippen molar-refractivity contribution in [1.29, 1.82) is 0 Å². The first-order valence-corrected chi connectivity index (χ1v) is 6.80. The summed E-state index contributed by atoms with van der Waals surface area (Å²) in [4.78, 5) is 16.0. The molecule has 3 N–H and O–H groups in total. The normalized spacial score (nSPS) is 10.3. The highest BCUT2D eigenvalue weighted by Gasteiger charge is 2.12. The molecule has 1 heterocycles. The van der Waals surface area contributed by atoms with Gasteiger partial charge in [-0.25, -0.2) is 4.98 Å². The van der Waals surface area contributed by atoms with Gasteiger partial charge in [0.05, 0.1) is 5.02 Å². The third-order valence-corrected chi connectivity index (χ3v) is 3.14. The summed E-state index contributed by atoms with van der Waals surface area (Å²) in [7, 11) is 0. The van der Waals surface area contributed by atoms with E-state index in [-0.39, 0.29) is 22.4 Å². The van der Waals surface area contributed by atoms with Gasteiger partial charge in [-0.05, 0) is 36.2 Å². The summed E-state index contributed by atoms with van der Waals surface area (Å²) in [6, 6.07) is 10.8. The Morgan fingerprint density at radius 1 is 1.25 bits per heavy atom. The minimum absolute atomic E-state index is 0.129. The monoisotopic (exact) mass is 289 g/mol. The number of carbonyl (C=O) groups is 1. The van der Waals surface area contributed by atoms with Gasteiger partial charge in [0.1, 0.15) is 11.5 Å². The molecule has 0 spiro atoms. The number of halogens is 1. The van der Waals surface area contributed by atoms with E-state index in [4.69, 9.17) is 17.3 Å². The number of carbonyl (C=O) groups excluding carboxylic acids is 1. The molecule has 1 amide bonds. The zero-order valence-electron chi connectivity index (χ0n) is 11.2. The molecule has 0 saturated carbocycles. The van der Waals surface area contributed by atoms with Gasteiger partial charge in [-0.1, -0.05) is 37.1 Å². The quantitative estimate of drug-likeness (QED) is 0.905. The lowest BCUT2D eigenvalue weighted by atomic mass is 10.1. The fraction of sp³-hybridized carbons (Fsp3) is 0.200. The molecule has 4 nitrogen and oxygen atoms in total. The summed E-state index contributed by atoms with van der Waals surface area (Å²) in [6.45, 7) is 2.13. The van der Waals surface area contributed by atoms with Crippen LogP contribution in [0.2, 0.25) is 5.02 Å². The number of nitrogen functional groups attached to an aromatic ring is 1. The Labute approximate surface area is 123 Å². The second kappa shape index (κ2) is 6.39. The first-order valence-electron chi connectivity index (χ1n) is 6.42. The lowest BCUT2D eigenvalue weighted by molar-refractivity contribution is 0.102. The van der Waals surface area contributed by atoms with Crippen LogP contribution in [0, 0.1) is 0 Å². The Morgan fingerprint density at radius 3 is 2.60 bits per heavy atom. The van der Waals surface area contributed by atoms with Crippen molar-refractivity contribution in [3.63, 3.8) is 0 Å². The van der Waals surface area contributed by atoms with Crippen LogP contribution in [0.4, 0.5) is 11.5 Å². The first kappa shape index (κ1) is 14.3. The van der Waals surface area contributed by atoms with Gasteiger partial charge >= 0.3 is 0 Å². The van der Waals surface area contributed by atoms with E-state index in [2.05, 4.69) is 17.2 Å². The van der Waals surface area contributed by atoms with Crippen molar-refractivity contribution in [1.82, 2.24) is 4.98 Å². The van der Waals surface area contributed by atoms with Crippen LogP contribution in [0.15, 0.2) is 36.4 Å². The molecule has 0 atom stereocenters. The number of nitrogens with one attached hydrogen (secondary N) is 1. The second-order valence-corrected chi connectivity index (χ2v) is 4.87. The van der Waals surface area contributed by atoms with Gasteiger partial charge in [-0.2, -0.15) is 0 Å². The standard InChI is InChI=1S/C15H16ClN3O/c1-2-3-10-4-6-11(7-5-10)18-15(20)14-12(16)8-9-13(17)19-14/h4-9H,2-3H2,1H3,(H2,17,19)(H,18,20). The van der Waals surface area contributed by atoms with Crippen LogP contribution in [0.1, 0.15) is 29.4 Å². The zero-order chi connectivity index (χ0) is 14.5. The molecule has 104 valence electrons. The van der Waals surface area contributed by atoms with Crippen LogP contribution < -0.4 is 11.1 Å². The number of hydrogen-bond donors (Lipinski definition) is 2. The van der Waals surface area contributed by atoms with Gasteiger partial charge in [-0.3, -0.25) is 4.79 Å². The number of amides is 1. The van der Waals surface area contributed by atoms with Crippen molar-refractivity contribution >= 4 is 29.0 Å². The van der Waals surface area contributed by atoms with E-state index < -0.39 is 0 Å². The largest absolute Gasteiger partial charge is 0.384 e. The summed E-state index contributed by atoms with van der Waals surface area (Å²) < 4.78 is 0. The Bertz CT molecular complexity index is 611. The molecule has 0 saturated heterocycles. The lowest BCUT2D eigenvalue weighted by Crippen LogP contribution is -2.15. The smallest absolute Gasteiger partial charge is 0.275 e. The molecule has 1 aromatic heterocycles. The maximum atomic E-state index is 12.1. The van der Waals surface area contributed by atoms with Crippen molar-refractivity contribution in [2.75, 3.05) is 11.1 Å². The maximum absolute atomic E-state index is 12.1. The van der Waals surface area contributed by atoms with Crippen molar-refractivity contribution in [2.45, 2.75) is 19.8 Å². The Morgan fingerprint density at radius 2 is 1.95 bits per heavy atom. The topological polar surface area (TPSA) is 68.0 Å². The molecule has 0 aliphatic rings. The molecule has 0 aliphatic carbocycles. The Hall–Kier alpha value is -2.07. The number of hydrogen-bond acceptors (Lipinski definition) is 3. The molecule has 0 bridgehead atoms. The minimum Gasteiger partial charge on any atom is -0.384 e. The Balaban J connectivity index is 2.13. The van der Waals surface area contributed by atoms with Crippen molar-refractivity contribution < 1.29 is 4.79 Å². The highest BCUT2D eigenvalue weighted by molar-refractivity contribution is 6.34. The SMILES string of the molecule is CCCc1ccc(NC(=O)c2nc(N)ccc2Cl)cc1.